The van der Waals surface area contributed by atoms with Crippen LogP contribution in [0.25, 0.3) is 0 Å². The first-order valence-corrected chi connectivity index (χ1v) is 8.21. The molecule has 0 unspecified atom stereocenters. The summed E-state index contributed by atoms with van der Waals surface area (Å²) in [5.74, 6) is -1.24. The number of aliphatic hydroxyl groups excluding tert-OH is 2. The maximum Gasteiger partial charge on any atom is 0.333 e. The van der Waals surface area contributed by atoms with Gasteiger partial charge in [0.15, 0.2) is 5.78 Å². The van der Waals surface area contributed by atoms with Crippen molar-refractivity contribution in [3.8, 4) is 0 Å². The third-order valence-electron chi connectivity index (χ3n) is 3.82. The Bertz CT molecular complexity index is 621. The minimum Gasteiger partial charge on any atom is -0.390 e. The first kappa shape index (κ1) is 17.0. The Morgan fingerprint density at radius 1 is 1.27 bits per heavy atom. The van der Waals surface area contributed by atoms with E-state index in [1.807, 2.05) is 0 Å². The van der Waals surface area contributed by atoms with Gasteiger partial charge in [0.1, 0.15) is 0 Å². The Morgan fingerprint density at radius 2 is 1.86 bits per heavy atom. The summed E-state index contributed by atoms with van der Waals surface area (Å²) in [4.78, 5) is 15.9. The lowest BCUT2D eigenvalue weighted by Gasteiger charge is -2.16. The minimum absolute atomic E-state index is 0.0497. The molecule has 0 amide bonds. The molecule has 0 spiro atoms. The van der Waals surface area contributed by atoms with Gasteiger partial charge in [0.2, 0.25) is 0 Å². The number of carbonyl (C=O) groups is 1. The Balaban J connectivity index is 1.96. The zero-order valence-electron chi connectivity index (χ0n) is 11.7. The number of Topliss-reactive ketones (excluding diaryl/α,β-unsaturated/α-hetero) is 1. The number of pyridine rings is 1. The molecule has 1 fully saturated rings. The van der Waals surface area contributed by atoms with E-state index in [9.17, 15) is 23.4 Å². The minimum atomic E-state index is -4.10. The summed E-state index contributed by atoms with van der Waals surface area (Å²) in [6.07, 6.45) is 1.05. The molecular weight excluding hydrogens is 312 g/mol. The smallest absolute Gasteiger partial charge is 0.333 e. The van der Waals surface area contributed by atoms with Crippen molar-refractivity contribution in [2.75, 3.05) is 6.61 Å². The Hall–Kier alpha value is -1.39. The second kappa shape index (κ2) is 6.80. The fourth-order valence-electron chi connectivity index (χ4n) is 2.67. The SMILES string of the molecule is NS(=O)(=O)OC[C@H]1C[C@@H](CC(=O)c2ccncc2)[C@H](O)[C@@H]1O. The van der Waals surface area contributed by atoms with Crippen LogP contribution in [0.2, 0.25) is 0 Å². The van der Waals surface area contributed by atoms with Crippen molar-refractivity contribution in [1.82, 2.24) is 4.98 Å². The topological polar surface area (TPSA) is 140 Å². The molecule has 0 bridgehead atoms. The summed E-state index contributed by atoms with van der Waals surface area (Å²) < 4.78 is 26.0. The van der Waals surface area contributed by atoms with Crippen molar-refractivity contribution in [3.63, 3.8) is 0 Å². The van der Waals surface area contributed by atoms with E-state index < -0.39 is 34.3 Å². The largest absolute Gasteiger partial charge is 0.390 e. The molecule has 9 heteroatoms. The molecule has 1 saturated carbocycles. The van der Waals surface area contributed by atoms with E-state index in [-0.39, 0.29) is 25.2 Å². The van der Waals surface area contributed by atoms with Crippen molar-refractivity contribution in [1.29, 1.82) is 0 Å². The Labute approximate surface area is 128 Å². The van der Waals surface area contributed by atoms with Gasteiger partial charge in [-0.2, -0.15) is 8.42 Å². The molecule has 22 heavy (non-hydrogen) atoms. The Morgan fingerprint density at radius 3 is 2.45 bits per heavy atom. The summed E-state index contributed by atoms with van der Waals surface area (Å²) in [6.45, 7) is -0.322. The number of carbonyl (C=O) groups excluding carboxylic acids is 1. The highest BCUT2D eigenvalue weighted by atomic mass is 32.2. The summed E-state index contributed by atoms with van der Waals surface area (Å²) in [6, 6.07) is 3.14. The molecule has 122 valence electrons. The van der Waals surface area contributed by atoms with Crippen LogP contribution in [0.15, 0.2) is 24.5 Å². The van der Waals surface area contributed by atoms with Gasteiger partial charge in [-0.05, 0) is 24.5 Å². The van der Waals surface area contributed by atoms with Crippen LogP contribution in [0, 0.1) is 11.8 Å². The molecule has 0 aliphatic heterocycles. The number of hydrogen-bond acceptors (Lipinski definition) is 7. The van der Waals surface area contributed by atoms with Gasteiger partial charge in [-0.1, -0.05) is 0 Å². The third kappa shape index (κ3) is 4.31. The van der Waals surface area contributed by atoms with Gasteiger partial charge >= 0.3 is 10.3 Å². The molecule has 1 aliphatic carbocycles. The first-order valence-electron chi connectivity index (χ1n) is 6.74. The number of nitrogens with zero attached hydrogens (tertiary/aromatic N) is 1. The van der Waals surface area contributed by atoms with Crippen LogP contribution in [0.1, 0.15) is 23.2 Å². The zero-order chi connectivity index (χ0) is 16.3. The van der Waals surface area contributed by atoms with E-state index >= 15 is 0 Å². The predicted molar refractivity (Wildman–Crippen MR) is 75.9 cm³/mol. The highest BCUT2D eigenvalue weighted by Gasteiger charge is 2.42. The molecule has 4 atom stereocenters. The quantitative estimate of drug-likeness (QED) is 0.582. The van der Waals surface area contributed by atoms with Crippen molar-refractivity contribution in [3.05, 3.63) is 30.1 Å². The lowest BCUT2D eigenvalue weighted by molar-refractivity contribution is -0.00374. The first-order chi connectivity index (χ1) is 10.3. The maximum absolute atomic E-state index is 12.1. The van der Waals surface area contributed by atoms with Crippen LogP contribution in [0.3, 0.4) is 0 Å². The van der Waals surface area contributed by atoms with E-state index in [4.69, 9.17) is 5.14 Å². The van der Waals surface area contributed by atoms with Gasteiger partial charge in [0.05, 0.1) is 18.8 Å². The molecule has 0 radical (unpaired) electrons. The standard InChI is InChI=1S/C13H18N2O6S/c14-22(19,20)21-7-10-5-9(12(17)13(10)18)6-11(16)8-1-3-15-4-2-8/h1-4,9-10,12-13,17-18H,5-7H2,(H2,14,19,20)/t9-,10+,12-,13+/m0/s1. The van der Waals surface area contributed by atoms with Gasteiger partial charge in [-0.15, -0.1) is 0 Å². The molecule has 8 nitrogen and oxygen atoms in total. The molecular formula is C13H18N2O6S. The molecule has 1 aliphatic rings. The van der Waals surface area contributed by atoms with Gasteiger partial charge in [0, 0.05) is 30.3 Å². The molecule has 1 aromatic rings. The molecule has 2 rings (SSSR count). The van der Waals surface area contributed by atoms with Crippen LogP contribution in [0.5, 0.6) is 0 Å². The highest BCUT2D eigenvalue weighted by molar-refractivity contribution is 7.84. The van der Waals surface area contributed by atoms with Gasteiger partial charge in [0.25, 0.3) is 0 Å². The van der Waals surface area contributed by atoms with E-state index in [0.29, 0.717) is 5.56 Å². The fraction of sp³-hybridized carbons (Fsp3) is 0.538. The average Bonchev–Trinajstić information content (AvgIpc) is 2.73. The predicted octanol–water partition coefficient (Wildman–Crippen LogP) is -0.768. The second-order valence-corrected chi connectivity index (χ2v) is 6.60. The van der Waals surface area contributed by atoms with Gasteiger partial charge < -0.3 is 10.2 Å². The van der Waals surface area contributed by atoms with Crippen LogP contribution >= 0.6 is 0 Å². The number of ketones is 1. The molecule has 1 heterocycles. The third-order valence-corrected chi connectivity index (χ3v) is 4.28. The lowest BCUT2D eigenvalue weighted by atomic mass is 9.95. The van der Waals surface area contributed by atoms with Crippen molar-refractivity contribution < 1.29 is 27.6 Å². The van der Waals surface area contributed by atoms with E-state index in [2.05, 4.69) is 9.17 Å². The summed E-state index contributed by atoms with van der Waals surface area (Å²) in [7, 11) is -4.10. The Kier molecular flexibility index (Phi) is 5.24. The fourth-order valence-corrected chi connectivity index (χ4v) is 3.04. The maximum atomic E-state index is 12.1. The molecule has 0 aromatic carbocycles. The van der Waals surface area contributed by atoms with Crippen LogP contribution in [0.4, 0.5) is 0 Å². The number of rotatable bonds is 6. The highest BCUT2D eigenvalue weighted by Crippen LogP contribution is 2.35. The van der Waals surface area contributed by atoms with Gasteiger partial charge in [-0.3, -0.25) is 14.0 Å². The average molecular weight is 330 g/mol. The van der Waals surface area contributed by atoms with Crippen LogP contribution in [-0.4, -0.2) is 48.2 Å². The van der Waals surface area contributed by atoms with Crippen molar-refractivity contribution in [2.24, 2.45) is 17.0 Å². The number of aliphatic hydroxyl groups is 2. The van der Waals surface area contributed by atoms with E-state index in [1.54, 1.807) is 12.1 Å². The second-order valence-electron chi connectivity index (χ2n) is 5.38. The number of hydrogen-bond donors (Lipinski definition) is 3. The van der Waals surface area contributed by atoms with Gasteiger partial charge in [-0.25, -0.2) is 5.14 Å². The molecule has 1 aromatic heterocycles. The van der Waals surface area contributed by atoms with Crippen molar-refractivity contribution in [2.45, 2.75) is 25.0 Å². The van der Waals surface area contributed by atoms with Crippen LogP contribution in [-0.2, 0) is 14.5 Å². The number of aromatic nitrogens is 1. The monoisotopic (exact) mass is 330 g/mol. The van der Waals surface area contributed by atoms with Crippen LogP contribution < -0.4 is 5.14 Å². The normalized spacial score (nSPS) is 28.7. The summed E-state index contributed by atoms with van der Waals surface area (Å²) in [5, 5.41) is 24.7. The lowest BCUT2D eigenvalue weighted by Crippen LogP contribution is -2.31. The van der Waals surface area contributed by atoms with Crippen molar-refractivity contribution >= 4 is 16.1 Å². The summed E-state index contributed by atoms with van der Waals surface area (Å²) in [5.41, 5.74) is 0.473. The van der Waals surface area contributed by atoms with E-state index in [1.165, 1.54) is 12.4 Å². The van der Waals surface area contributed by atoms with E-state index in [0.717, 1.165) is 0 Å². The zero-order valence-corrected chi connectivity index (χ0v) is 12.5. The number of nitrogens with two attached hydrogens (primary N) is 1. The molecule has 0 saturated heterocycles. The molecule has 4 N–H and O–H groups in total. The summed E-state index contributed by atoms with van der Waals surface area (Å²) >= 11 is 0.